The van der Waals surface area contributed by atoms with Gasteiger partial charge in [-0.25, -0.2) is 26.9 Å². The number of para-hydroxylation sites is 1. The Bertz CT molecular complexity index is 1710. The fourth-order valence-electron chi connectivity index (χ4n) is 5.19. The van der Waals surface area contributed by atoms with Gasteiger partial charge in [-0.05, 0) is 18.2 Å². The summed E-state index contributed by atoms with van der Waals surface area (Å²) in [6.45, 7) is 2.79. The second-order valence-electron chi connectivity index (χ2n) is 10.2. The van der Waals surface area contributed by atoms with Crippen LogP contribution in [0.1, 0.15) is 42.5 Å². The van der Waals surface area contributed by atoms with Gasteiger partial charge in [0.15, 0.2) is 17.5 Å². The fourth-order valence-corrected chi connectivity index (χ4v) is 5.19. The van der Waals surface area contributed by atoms with Crippen LogP contribution in [0.5, 0.6) is 0 Å². The molecular weight excluding hydrogens is 549 g/mol. The zero-order chi connectivity index (χ0) is 29.8. The van der Waals surface area contributed by atoms with E-state index in [2.05, 4.69) is 15.4 Å². The van der Waals surface area contributed by atoms with Gasteiger partial charge in [-0.15, -0.1) is 0 Å². The number of imidazole rings is 1. The van der Waals surface area contributed by atoms with Crippen LogP contribution in [0.4, 0.5) is 33.3 Å². The lowest BCUT2D eigenvalue weighted by Gasteiger charge is -2.28. The molecule has 1 aliphatic rings. The number of halogens is 5. The number of nitrogens with two attached hydrogens (primary N) is 1. The minimum Gasteiger partial charge on any atom is -0.358 e. The van der Waals surface area contributed by atoms with E-state index in [1.807, 2.05) is 13.8 Å². The third-order valence-corrected chi connectivity index (χ3v) is 6.99. The first-order chi connectivity index (χ1) is 19.3. The van der Waals surface area contributed by atoms with Crippen molar-refractivity contribution in [1.82, 2.24) is 19.3 Å². The van der Waals surface area contributed by atoms with Crippen LogP contribution in [0, 0.1) is 17.5 Å². The number of carbonyl (C=O) groups excluding carboxylic acids is 1. The molecule has 2 aromatic heterocycles. The van der Waals surface area contributed by atoms with Crippen LogP contribution in [-0.2, 0) is 7.05 Å². The number of hydrogen-bond acceptors (Lipinski definition) is 6. The zero-order valence-electron chi connectivity index (χ0n) is 22.3. The van der Waals surface area contributed by atoms with E-state index in [0.717, 1.165) is 36.4 Å². The molecule has 0 unspecified atom stereocenters. The van der Waals surface area contributed by atoms with Crippen LogP contribution in [0.2, 0.25) is 0 Å². The molecule has 41 heavy (non-hydrogen) atoms. The summed E-state index contributed by atoms with van der Waals surface area (Å²) in [7, 11) is 1.60. The molecule has 216 valence electrons. The van der Waals surface area contributed by atoms with Gasteiger partial charge < -0.3 is 20.5 Å². The molecule has 1 aliphatic heterocycles. The molecule has 1 atom stereocenters. The number of benzene rings is 2. The van der Waals surface area contributed by atoms with Crippen molar-refractivity contribution in [3.05, 3.63) is 75.7 Å². The highest BCUT2D eigenvalue weighted by atomic mass is 19.3. The number of aryl methyl sites for hydroxylation is 1. The van der Waals surface area contributed by atoms with Gasteiger partial charge in [-0.3, -0.25) is 9.59 Å². The highest BCUT2D eigenvalue weighted by Gasteiger charge is 2.46. The third kappa shape index (κ3) is 4.92. The van der Waals surface area contributed by atoms with Gasteiger partial charge in [-0.1, -0.05) is 19.9 Å². The van der Waals surface area contributed by atoms with Crippen LogP contribution in [0.3, 0.4) is 0 Å². The van der Waals surface area contributed by atoms with Crippen LogP contribution in [-0.4, -0.2) is 50.3 Å². The molecule has 1 amide bonds. The minimum absolute atomic E-state index is 0.0401. The highest BCUT2D eigenvalue weighted by molar-refractivity contribution is 6.08. The zero-order valence-corrected chi connectivity index (χ0v) is 22.3. The van der Waals surface area contributed by atoms with Gasteiger partial charge in [0.05, 0.1) is 17.9 Å². The van der Waals surface area contributed by atoms with Crippen molar-refractivity contribution in [2.24, 2.45) is 12.8 Å². The topological polar surface area (TPSA) is 111 Å². The maximum Gasteiger partial charge on any atom is 0.276 e. The molecule has 0 bridgehead atoms. The Hall–Kier alpha value is -4.33. The van der Waals surface area contributed by atoms with E-state index >= 15 is 4.39 Å². The second-order valence-corrected chi connectivity index (χ2v) is 10.2. The Morgan fingerprint density at radius 3 is 2.44 bits per heavy atom. The predicted molar refractivity (Wildman–Crippen MR) is 142 cm³/mol. The molecule has 9 nitrogen and oxygen atoms in total. The van der Waals surface area contributed by atoms with Gasteiger partial charge in [-0.2, -0.15) is 9.78 Å². The number of rotatable bonds is 6. The first-order valence-electron chi connectivity index (χ1n) is 12.7. The number of fused-ring (bicyclic) bond motifs is 1. The van der Waals surface area contributed by atoms with Gasteiger partial charge >= 0.3 is 0 Å². The summed E-state index contributed by atoms with van der Waals surface area (Å²) >= 11 is 0. The molecule has 2 aromatic carbocycles. The largest absolute Gasteiger partial charge is 0.358 e. The Kier molecular flexibility index (Phi) is 7.05. The van der Waals surface area contributed by atoms with Crippen LogP contribution >= 0.6 is 0 Å². The maximum atomic E-state index is 15.5. The number of carbonyl (C=O) groups is 1. The summed E-state index contributed by atoms with van der Waals surface area (Å²) in [5.74, 6) is -6.72. The van der Waals surface area contributed by atoms with E-state index in [9.17, 15) is 27.2 Å². The smallest absolute Gasteiger partial charge is 0.276 e. The second kappa shape index (κ2) is 10.3. The van der Waals surface area contributed by atoms with E-state index in [4.69, 9.17) is 5.73 Å². The number of amides is 1. The number of nitrogens with one attached hydrogen (secondary N) is 1. The van der Waals surface area contributed by atoms with Crippen LogP contribution in [0.15, 0.2) is 41.2 Å². The van der Waals surface area contributed by atoms with Crippen LogP contribution in [0.25, 0.3) is 16.7 Å². The number of aromatic nitrogens is 4. The number of hydrogen-bond donors (Lipinski definition) is 2. The summed E-state index contributed by atoms with van der Waals surface area (Å²) in [4.78, 5) is 31.6. The first kappa shape index (κ1) is 28.2. The maximum absolute atomic E-state index is 15.5. The summed E-state index contributed by atoms with van der Waals surface area (Å²) < 4.78 is 75.4. The summed E-state index contributed by atoms with van der Waals surface area (Å²) in [5.41, 5.74) is 3.61. The molecule has 0 spiro atoms. The van der Waals surface area contributed by atoms with Crippen molar-refractivity contribution >= 4 is 28.3 Å². The van der Waals surface area contributed by atoms with E-state index in [-0.39, 0.29) is 34.9 Å². The van der Waals surface area contributed by atoms with E-state index in [1.54, 1.807) is 7.05 Å². The molecule has 5 rings (SSSR count). The Morgan fingerprint density at radius 2 is 1.80 bits per heavy atom. The Morgan fingerprint density at radius 1 is 1.12 bits per heavy atom. The van der Waals surface area contributed by atoms with Gasteiger partial charge in [0.25, 0.3) is 17.4 Å². The van der Waals surface area contributed by atoms with Gasteiger partial charge in [0, 0.05) is 44.1 Å². The molecule has 1 fully saturated rings. The molecule has 4 aromatic rings. The summed E-state index contributed by atoms with van der Waals surface area (Å²) in [5, 5.41) is 6.29. The number of anilines is 2. The van der Waals surface area contributed by atoms with Crippen molar-refractivity contribution in [1.29, 1.82) is 0 Å². The molecule has 0 saturated carbocycles. The van der Waals surface area contributed by atoms with Crippen molar-refractivity contribution in [3.63, 3.8) is 0 Å². The molecule has 3 heterocycles. The van der Waals surface area contributed by atoms with Crippen molar-refractivity contribution in [2.45, 2.75) is 38.2 Å². The first-order valence-corrected chi connectivity index (χ1v) is 12.7. The average molecular weight is 576 g/mol. The van der Waals surface area contributed by atoms with Crippen molar-refractivity contribution in [3.8, 4) is 5.69 Å². The standard InChI is InChI=1S/C27H26F5N7O2/c1-13(2)25-35-21-23(37(25)3)17(30)9-19(24(21)38-12-27(31,32)10-14(38)11-33)34-26(41)18-7-8-20(40)39(36-18)22-15(28)5-4-6-16(22)29/h4-9,13-14H,10-12,33H2,1-3H3,(H,34,41)/t14-/m0/s1. The quantitative estimate of drug-likeness (QED) is 0.335. The monoisotopic (exact) mass is 575 g/mol. The van der Waals surface area contributed by atoms with E-state index in [0.29, 0.717) is 10.5 Å². The minimum atomic E-state index is -3.11. The summed E-state index contributed by atoms with van der Waals surface area (Å²) in [6, 6.07) is 4.98. The Balaban J connectivity index is 1.65. The molecular formula is C27H26F5N7O2. The SMILES string of the molecule is CC(C)c1nc2c(N3CC(F)(F)C[C@H]3CN)c(NC(=O)c3ccc(=O)n(-c4c(F)cccc4F)n3)cc(F)c2n1C. The lowest BCUT2D eigenvalue weighted by atomic mass is 10.1. The number of nitrogens with zero attached hydrogens (tertiary/aromatic N) is 5. The molecule has 14 heteroatoms. The van der Waals surface area contributed by atoms with Gasteiger partial charge in [0.2, 0.25) is 0 Å². The molecule has 3 N–H and O–H groups in total. The van der Waals surface area contributed by atoms with Crippen molar-refractivity contribution in [2.75, 3.05) is 23.3 Å². The predicted octanol–water partition coefficient (Wildman–Crippen LogP) is 4.08. The lowest BCUT2D eigenvalue weighted by Crippen LogP contribution is -2.36. The third-order valence-electron chi connectivity index (χ3n) is 6.99. The summed E-state index contributed by atoms with van der Waals surface area (Å²) in [6.07, 6.45) is -0.555. The van der Waals surface area contributed by atoms with Gasteiger partial charge in [0.1, 0.15) is 28.2 Å². The molecule has 1 saturated heterocycles. The van der Waals surface area contributed by atoms with E-state index < -0.39 is 65.2 Å². The van der Waals surface area contributed by atoms with Crippen LogP contribution < -0.4 is 21.5 Å². The fraction of sp³-hybridized carbons (Fsp3) is 0.333. The molecule has 0 radical (unpaired) electrons. The average Bonchev–Trinajstić information content (AvgIpc) is 3.41. The normalized spacial score (nSPS) is 16.6. The van der Waals surface area contributed by atoms with E-state index in [1.165, 1.54) is 9.47 Å². The van der Waals surface area contributed by atoms with Crippen molar-refractivity contribution < 1.29 is 26.7 Å². The molecule has 0 aliphatic carbocycles. The number of alkyl halides is 2. The lowest BCUT2D eigenvalue weighted by molar-refractivity contribution is 0.0227. The Labute approximate surface area is 230 Å². The highest BCUT2D eigenvalue weighted by Crippen LogP contribution is 2.43.